The molecule has 1 heterocycles. The number of hydrogen-bond acceptors (Lipinski definition) is 3. The van der Waals surface area contributed by atoms with Crippen LogP contribution in [-0.2, 0) is 0 Å². The Morgan fingerprint density at radius 1 is 1.30 bits per heavy atom. The molecule has 1 aliphatic rings. The van der Waals surface area contributed by atoms with Crippen molar-refractivity contribution in [3.63, 3.8) is 0 Å². The fourth-order valence-electron chi connectivity index (χ4n) is 3.20. The zero-order valence-corrected chi connectivity index (χ0v) is 13.2. The van der Waals surface area contributed by atoms with Gasteiger partial charge in [-0.25, -0.2) is 0 Å². The van der Waals surface area contributed by atoms with Gasteiger partial charge in [0.15, 0.2) is 0 Å². The minimum absolute atomic E-state index is 0.118. The zero-order valence-electron chi connectivity index (χ0n) is 13.2. The third-order valence-electron chi connectivity index (χ3n) is 4.50. The van der Waals surface area contributed by atoms with Crippen LogP contribution in [-0.4, -0.2) is 50.1 Å². The molecule has 0 spiro atoms. The van der Waals surface area contributed by atoms with E-state index < -0.39 is 0 Å². The molecule has 1 aromatic carbocycles. The average molecular weight is 275 g/mol. The number of likely N-dealkylation sites (tertiary alicyclic amines) is 1. The molecule has 1 fully saturated rings. The lowest BCUT2D eigenvalue weighted by atomic mass is 9.96. The van der Waals surface area contributed by atoms with E-state index in [9.17, 15) is 0 Å². The van der Waals surface area contributed by atoms with Gasteiger partial charge in [-0.2, -0.15) is 0 Å². The van der Waals surface area contributed by atoms with E-state index in [0.717, 1.165) is 12.5 Å². The summed E-state index contributed by atoms with van der Waals surface area (Å²) in [6, 6.07) is 8.58. The van der Waals surface area contributed by atoms with E-state index in [1.807, 2.05) is 0 Å². The SMILES string of the molecule is Cc1ccccc1C(N)CN(C)CC1CCN(C)CC1. The summed E-state index contributed by atoms with van der Waals surface area (Å²) >= 11 is 0. The van der Waals surface area contributed by atoms with Gasteiger partial charge in [-0.05, 0) is 64.0 Å². The third kappa shape index (κ3) is 4.30. The number of nitrogens with zero attached hydrogens (tertiary/aromatic N) is 2. The summed E-state index contributed by atoms with van der Waals surface area (Å²) in [6.07, 6.45) is 2.64. The van der Waals surface area contributed by atoms with Crippen molar-refractivity contribution in [1.82, 2.24) is 9.80 Å². The number of rotatable bonds is 5. The van der Waals surface area contributed by atoms with Crippen molar-refractivity contribution in [2.75, 3.05) is 40.3 Å². The van der Waals surface area contributed by atoms with Gasteiger partial charge in [0.2, 0.25) is 0 Å². The first-order valence-electron chi connectivity index (χ1n) is 7.74. The summed E-state index contributed by atoms with van der Waals surface area (Å²) in [7, 11) is 4.42. The molecule has 2 rings (SSSR count). The lowest BCUT2D eigenvalue weighted by Crippen LogP contribution is -2.38. The first-order valence-corrected chi connectivity index (χ1v) is 7.74. The van der Waals surface area contributed by atoms with Gasteiger partial charge in [0.05, 0.1) is 0 Å². The Morgan fingerprint density at radius 3 is 2.60 bits per heavy atom. The van der Waals surface area contributed by atoms with Crippen LogP contribution in [0.15, 0.2) is 24.3 Å². The molecule has 3 heteroatoms. The summed E-state index contributed by atoms with van der Waals surface area (Å²) < 4.78 is 0. The maximum atomic E-state index is 6.37. The van der Waals surface area contributed by atoms with Gasteiger partial charge in [-0.1, -0.05) is 24.3 Å². The van der Waals surface area contributed by atoms with E-state index in [1.165, 1.54) is 43.6 Å². The van der Waals surface area contributed by atoms with Crippen LogP contribution in [0.3, 0.4) is 0 Å². The third-order valence-corrected chi connectivity index (χ3v) is 4.50. The van der Waals surface area contributed by atoms with Crippen molar-refractivity contribution < 1.29 is 0 Å². The van der Waals surface area contributed by atoms with Gasteiger partial charge in [-0.3, -0.25) is 0 Å². The lowest BCUT2D eigenvalue weighted by Gasteiger charge is -2.32. The fourth-order valence-corrected chi connectivity index (χ4v) is 3.20. The molecule has 2 N–H and O–H groups in total. The minimum Gasteiger partial charge on any atom is -0.323 e. The highest BCUT2D eigenvalue weighted by Crippen LogP contribution is 2.19. The molecule has 1 aromatic rings. The summed E-state index contributed by atoms with van der Waals surface area (Å²) in [5.41, 5.74) is 8.95. The molecule has 3 nitrogen and oxygen atoms in total. The van der Waals surface area contributed by atoms with Crippen molar-refractivity contribution in [1.29, 1.82) is 0 Å². The standard InChI is InChI=1S/C17H29N3/c1-14-6-4-5-7-16(14)17(18)13-20(3)12-15-8-10-19(2)11-9-15/h4-7,15,17H,8-13,18H2,1-3H3. The molecule has 1 aliphatic heterocycles. The monoisotopic (exact) mass is 275 g/mol. The topological polar surface area (TPSA) is 32.5 Å². The Bertz CT molecular complexity index is 410. The Labute approximate surface area is 123 Å². The van der Waals surface area contributed by atoms with E-state index in [2.05, 4.69) is 55.1 Å². The number of likely N-dealkylation sites (N-methyl/N-ethyl adjacent to an activating group) is 1. The lowest BCUT2D eigenvalue weighted by molar-refractivity contribution is 0.172. The molecule has 112 valence electrons. The Hall–Kier alpha value is -0.900. The van der Waals surface area contributed by atoms with Crippen molar-refractivity contribution >= 4 is 0 Å². The van der Waals surface area contributed by atoms with Gasteiger partial charge in [0.1, 0.15) is 0 Å². The number of nitrogens with two attached hydrogens (primary N) is 1. The highest BCUT2D eigenvalue weighted by Gasteiger charge is 2.19. The van der Waals surface area contributed by atoms with Gasteiger partial charge in [0, 0.05) is 19.1 Å². The van der Waals surface area contributed by atoms with Crippen molar-refractivity contribution in [3.05, 3.63) is 35.4 Å². The number of hydrogen-bond donors (Lipinski definition) is 1. The molecule has 0 saturated carbocycles. The van der Waals surface area contributed by atoms with Crippen LogP contribution < -0.4 is 5.73 Å². The summed E-state index contributed by atoms with van der Waals surface area (Å²) in [5, 5.41) is 0. The molecule has 0 amide bonds. The van der Waals surface area contributed by atoms with E-state index >= 15 is 0 Å². The largest absolute Gasteiger partial charge is 0.323 e. The quantitative estimate of drug-likeness (QED) is 0.895. The highest BCUT2D eigenvalue weighted by molar-refractivity contribution is 5.28. The molecule has 0 bridgehead atoms. The van der Waals surface area contributed by atoms with E-state index in [1.54, 1.807) is 0 Å². The first-order chi connectivity index (χ1) is 9.56. The van der Waals surface area contributed by atoms with Gasteiger partial charge >= 0.3 is 0 Å². The maximum Gasteiger partial charge on any atom is 0.0426 e. The van der Waals surface area contributed by atoms with Crippen LogP contribution in [0.25, 0.3) is 0 Å². The van der Waals surface area contributed by atoms with Crippen molar-refractivity contribution in [3.8, 4) is 0 Å². The molecule has 1 saturated heterocycles. The van der Waals surface area contributed by atoms with E-state index in [-0.39, 0.29) is 6.04 Å². The normalized spacial score (nSPS) is 19.4. The van der Waals surface area contributed by atoms with Crippen LogP contribution in [0.1, 0.15) is 30.0 Å². The van der Waals surface area contributed by atoms with E-state index in [0.29, 0.717) is 0 Å². The van der Waals surface area contributed by atoms with Crippen LogP contribution in [0.5, 0.6) is 0 Å². The molecule has 20 heavy (non-hydrogen) atoms. The number of benzene rings is 1. The van der Waals surface area contributed by atoms with E-state index in [4.69, 9.17) is 5.73 Å². The molecular formula is C17H29N3. The molecular weight excluding hydrogens is 246 g/mol. The smallest absolute Gasteiger partial charge is 0.0426 e. The highest BCUT2D eigenvalue weighted by atomic mass is 15.1. The summed E-state index contributed by atoms with van der Waals surface area (Å²) in [6.45, 7) is 6.74. The Balaban J connectivity index is 1.82. The van der Waals surface area contributed by atoms with Gasteiger partial charge in [0.25, 0.3) is 0 Å². The van der Waals surface area contributed by atoms with Gasteiger partial charge < -0.3 is 15.5 Å². The summed E-state index contributed by atoms with van der Waals surface area (Å²) in [5.74, 6) is 0.834. The van der Waals surface area contributed by atoms with Crippen LogP contribution in [0, 0.1) is 12.8 Å². The maximum absolute atomic E-state index is 6.37. The van der Waals surface area contributed by atoms with Crippen molar-refractivity contribution in [2.45, 2.75) is 25.8 Å². The van der Waals surface area contributed by atoms with Crippen LogP contribution >= 0.6 is 0 Å². The minimum atomic E-state index is 0.118. The Morgan fingerprint density at radius 2 is 1.95 bits per heavy atom. The second kappa shape index (κ2) is 7.21. The van der Waals surface area contributed by atoms with Crippen LogP contribution in [0.4, 0.5) is 0 Å². The molecule has 0 aromatic heterocycles. The zero-order chi connectivity index (χ0) is 14.5. The molecule has 1 atom stereocenters. The Kier molecular flexibility index (Phi) is 5.58. The molecule has 0 radical (unpaired) electrons. The molecule has 1 unspecified atom stereocenters. The van der Waals surface area contributed by atoms with Gasteiger partial charge in [-0.15, -0.1) is 0 Å². The number of aryl methyl sites for hydroxylation is 1. The molecule has 0 aliphatic carbocycles. The second-order valence-corrected chi connectivity index (χ2v) is 6.43. The fraction of sp³-hybridized carbons (Fsp3) is 0.647. The van der Waals surface area contributed by atoms with Crippen LogP contribution in [0.2, 0.25) is 0 Å². The predicted octanol–water partition coefficient (Wildman–Crippen LogP) is 2.27. The predicted molar refractivity (Wildman–Crippen MR) is 85.8 cm³/mol. The second-order valence-electron chi connectivity index (χ2n) is 6.43. The average Bonchev–Trinajstić information content (AvgIpc) is 2.41. The van der Waals surface area contributed by atoms with Crippen molar-refractivity contribution in [2.24, 2.45) is 11.7 Å². The summed E-state index contributed by atoms with van der Waals surface area (Å²) in [4.78, 5) is 4.84. The number of piperidine rings is 1. The first kappa shape index (κ1) is 15.5.